The highest BCUT2D eigenvalue weighted by Gasteiger charge is 2.32. The van der Waals surface area contributed by atoms with Crippen LogP contribution in [0.15, 0.2) is 11.3 Å². The lowest BCUT2D eigenvalue weighted by Crippen LogP contribution is -2.15. The van der Waals surface area contributed by atoms with E-state index in [0.717, 1.165) is 6.61 Å². The van der Waals surface area contributed by atoms with E-state index in [2.05, 4.69) is 41.5 Å². The molecule has 0 saturated heterocycles. The van der Waals surface area contributed by atoms with E-state index in [1.807, 2.05) is 0 Å². The van der Waals surface area contributed by atoms with Crippen LogP contribution in [-0.4, -0.2) is 6.61 Å². The molecule has 0 N–H and O–H groups in total. The molecule has 0 aromatic carbocycles. The molecule has 0 saturated carbocycles. The normalized spacial score (nSPS) is 22.8. The highest BCUT2D eigenvalue weighted by molar-refractivity contribution is 5.21. The van der Waals surface area contributed by atoms with Gasteiger partial charge in [-0.3, -0.25) is 0 Å². The van der Waals surface area contributed by atoms with E-state index in [-0.39, 0.29) is 0 Å². The van der Waals surface area contributed by atoms with Gasteiger partial charge in [0.25, 0.3) is 0 Å². The summed E-state index contributed by atoms with van der Waals surface area (Å²) in [6.07, 6.45) is 0. The molecule has 1 aliphatic rings. The zero-order valence-corrected chi connectivity index (χ0v) is 10.4. The summed E-state index contributed by atoms with van der Waals surface area (Å²) in [4.78, 5) is 0. The van der Waals surface area contributed by atoms with Crippen LogP contribution in [0, 0.1) is 23.7 Å². The van der Waals surface area contributed by atoms with Crippen molar-refractivity contribution in [1.82, 2.24) is 0 Å². The number of allylic oxidation sites excluding steroid dienone is 1. The number of hydrogen-bond donors (Lipinski definition) is 0. The Morgan fingerprint density at radius 2 is 1.57 bits per heavy atom. The monoisotopic (exact) mass is 196 g/mol. The first-order valence-corrected chi connectivity index (χ1v) is 5.81. The third-order valence-electron chi connectivity index (χ3n) is 3.05. The Morgan fingerprint density at radius 3 is 1.93 bits per heavy atom. The zero-order chi connectivity index (χ0) is 10.9. The third kappa shape index (κ3) is 2.13. The zero-order valence-electron chi connectivity index (χ0n) is 10.4. The average Bonchev–Trinajstić information content (AvgIpc) is 2.46. The highest BCUT2D eigenvalue weighted by Crippen LogP contribution is 2.38. The van der Waals surface area contributed by atoms with Crippen LogP contribution in [0.2, 0.25) is 0 Å². The molecule has 1 heterocycles. The molecule has 0 amide bonds. The molecule has 82 valence electrons. The van der Waals surface area contributed by atoms with Crippen molar-refractivity contribution in [2.45, 2.75) is 41.5 Å². The minimum absolute atomic E-state index is 0.538. The Balaban J connectivity index is 2.96. The molecule has 0 spiro atoms. The van der Waals surface area contributed by atoms with Gasteiger partial charge in [0.05, 0.1) is 12.4 Å². The van der Waals surface area contributed by atoms with Crippen LogP contribution in [0.3, 0.4) is 0 Å². The maximum absolute atomic E-state index is 5.84. The maximum Gasteiger partial charge on any atom is 0.0984 e. The lowest BCUT2D eigenvalue weighted by atomic mass is 9.82. The smallest absolute Gasteiger partial charge is 0.0984 e. The molecule has 14 heavy (non-hydrogen) atoms. The van der Waals surface area contributed by atoms with Crippen molar-refractivity contribution in [3.8, 4) is 0 Å². The van der Waals surface area contributed by atoms with E-state index in [1.54, 1.807) is 5.57 Å². The Morgan fingerprint density at radius 1 is 1.00 bits per heavy atom. The molecule has 0 aliphatic carbocycles. The number of hydrogen-bond acceptors (Lipinski definition) is 1. The van der Waals surface area contributed by atoms with Gasteiger partial charge in [-0.1, -0.05) is 41.5 Å². The van der Waals surface area contributed by atoms with Crippen LogP contribution in [-0.2, 0) is 4.74 Å². The van der Waals surface area contributed by atoms with Crippen molar-refractivity contribution in [2.75, 3.05) is 6.61 Å². The average molecular weight is 196 g/mol. The van der Waals surface area contributed by atoms with Crippen LogP contribution >= 0.6 is 0 Å². The van der Waals surface area contributed by atoms with E-state index < -0.39 is 0 Å². The van der Waals surface area contributed by atoms with Crippen molar-refractivity contribution in [2.24, 2.45) is 23.7 Å². The van der Waals surface area contributed by atoms with Crippen LogP contribution in [0.5, 0.6) is 0 Å². The fourth-order valence-corrected chi connectivity index (χ4v) is 2.30. The van der Waals surface area contributed by atoms with Crippen molar-refractivity contribution in [1.29, 1.82) is 0 Å². The predicted molar refractivity (Wildman–Crippen MR) is 61.0 cm³/mol. The minimum Gasteiger partial charge on any atom is -0.497 e. The molecule has 1 nitrogen and oxygen atoms in total. The molecular formula is C13H24O. The fourth-order valence-electron chi connectivity index (χ4n) is 2.30. The highest BCUT2D eigenvalue weighted by atomic mass is 16.5. The fraction of sp³-hybridized carbons (Fsp3) is 0.846. The maximum atomic E-state index is 5.84. The number of rotatable bonds is 3. The molecule has 1 atom stereocenters. The van der Waals surface area contributed by atoms with Gasteiger partial charge in [-0.15, -0.1) is 0 Å². The molecule has 1 rings (SSSR count). The minimum atomic E-state index is 0.538. The van der Waals surface area contributed by atoms with Crippen LogP contribution in [0.1, 0.15) is 41.5 Å². The second kappa shape index (κ2) is 4.37. The van der Waals surface area contributed by atoms with E-state index in [9.17, 15) is 0 Å². The first-order valence-electron chi connectivity index (χ1n) is 5.81. The van der Waals surface area contributed by atoms with Gasteiger partial charge < -0.3 is 4.74 Å². The molecule has 1 unspecified atom stereocenters. The molecule has 0 bridgehead atoms. The van der Waals surface area contributed by atoms with Crippen LogP contribution in [0.4, 0.5) is 0 Å². The summed E-state index contributed by atoms with van der Waals surface area (Å²) < 4.78 is 5.84. The molecule has 0 aromatic rings. The van der Waals surface area contributed by atoms with Crippen LogP contribution in [0.25, 0.3) is 0 Å². The van der Waals surface area contributed by atoms with Gasteiger partial charge in [0.15, 0.2) is 0 Å². The first-order chi connectivity index (χ1) is 6.45. The van der Waals surface area contributed by atoms with E-state index in [0.29, 0.717) is 23.7 Å². The Bertz CT molecular complexity index is 223. The summed E-state index contributed by atoms with van der Waals surface area (Å²) in [5.74, 6) is 3.77. The number of ether oxygens (including phenoxy) is 1. The second-order valence-electron chi connectivity index (χ2n) is 5.29. The van der Waals surface area contributed by atoms with Crippen molar-refractivity contribution in [3.63, 3.8) is 0 Å². The van der Waals surface area contributed by atoms with E-state index in [1.165, 1.54) is 5.76 Å². The Hall–Kier alpha value is -0.460. The van der Waals surface area contributed by atoms with Crippen LogP contribution < -0.4 is 0 Å². The summed E-state index contributed by atoms with van der Waals surface area (Å²) in [7, 11) is 0. The van der Waals surface area contributed by atoms with Gasteiger partial charge in [0.1, 0.15) is 0 Å². The van der Waals surface area contributed by atoms with Crippen molar-refractivity contribution < 1.29 is 4.74 Å². The molecule has 1 heteroatoms. The molecular weight excluding hydrogens is 172 g/mol. The summed E-state index contributed by atoms with van der Waals surface area (Å²) in [6, 6.07) is 0. The van der Waals surface area contributed by atoms with Gasteiger partial charge >= 0.3 is 0 Å². The van der Waals surface area contributed by atoms with Gasteiger partial charge in [0.2, 0.25) is 0 Å². The van der Waals surface area contributed by atoms with Gasteiger partial charge in [-0.05, 0) is 17.4 Å². The quantitative estimate of drug-likeness (QED) is 0.666. The second-order valence-corrected chi connectivity index (χ2v) is 5.29. The van der Waals surface area contributed by atoms with E-state index in [4.69, 9.17) is 4.74 Å². The summed E-state index contributed by atoms with van der Waals surface area (Å²) in [5.41, 5.74) is 1.56. The molecule has 0 fully saturated rings. The Labute approximate surface area is 88.5 Å². The molecule has 0 radical (unpaired) electrons. The summed E-state index contributed by atoms with van der Waals surface area (Å²) in [6.45, 7) is 14.5. The van der Waals surface area contributed by atoms with E-state index >= 15 is 0 Å². The molecule has 1 aliphatic heterocycles. The van der Waals surface area contributed by atoms with Crippen molar-refractivity contribution >= 4 is 0 Å². The first kappa shape index (κ1) is 11.6. The largest absolute Gasteiger partial charge is 0.497 e. The third-order valence-corrected chi connectivity index (χ3v) is 3.05. The lowest BCUT2D eigenvalue weighted by Gasteiger charge is -2.20. The van der Waals surface area contributed by atoms with Gasteiger partial charge in [-0.25, -0.2) is 0 Å². The topological polar surface area (TPSA) is 9.23 Å². The molecule has 0 aromatic heterocycles. The summed E-state index contributed by atoms with van der Waals surface area (Å²) >= 11 is 0. The summed E-state index contributed by atoms with van der Waals surface area (Å²) in [5, 5.41) is 0. The van der Waals surface area contributed by atoms with Gasteiger partial charge in [0, 0.05) is 11.8 Å². The SMILES string of the molecule is CC(C)C1=C(C(C)C)C(C(C)C)CO1. The standard InChI is InChI=1S/C13H24O/c1-8(2)11-7-14-13(10(5)6)12(11)9(3)4/h8-11H,7H2,1-6H3. The van der Waals surface area contributed by atoms with Gasteiger partial charge in [-0.2, -0.15) is 0 Å². The predicted octanol–water partition coefficient (Wildman–Crippen LogP) is 3.85. The lowest BCUT2D eigenvalue weighted by molar-refractivity contribution is 0.180. The van der Waals surface area contributed by atoms with Crippen molar-refractivity contribution in [3.05, 3.63) is 11.3 Å². The Kier molecular flexibility index (Phi) is 3.63.